The minimum absolute atomic E-state index is 0.236. The highest BCUT2D eigenvalue weighted by Gasteiger charge is 2.39. The predicted octanol–water partition coefficient (Wildman–Crippen LogP) is 5.10. The van der Waals surface area contributed by atoms with Gasteiger partial charge in [-0.3, -0.25) is 0 Å². The van der Waals surface area contributed by atoms with E-state index in [2.05, 4.69) is 16.0 Å². The lowest BCUT2D eigenvalue weighted by Crippen LogP contribution is -2.59. The zero-order chi connectivity index (χ0) is 20.9. The summed E-state index contributed by atoms with van der Waals surface area (Å²) in [6, 6.07) is 12.0. The maximum atomic E-state index is 15.3. The second-order valence-electron chi connectivity index (χ2n) is 7.80. The molecule has 0 saturated heterocycles. The number of nitrogens with two attached hydrogens (primary N) is 2. The molecule has 1 unspecified atom stereocenters. The summed E-state index contributed by atoms with van der Waals surface area (Å²) in [5.41, 5.74) is 20.7. The molecule has 0 saturated carbocycles. The largest absolute Gasteiger partial charge is 0.309 e. The normalized spacial score (nSPS) is 18.9. The van der Waals surface area contributed by atoms with Gasteiger partial charge in [-0.2, -0.15) is 0 Å². The highest BCUT2D eigenvalue weighted by molar-refractivity contribution is 7.17. The van der Waals surface area contributed by atoms with E-state index in [0.717, 1.165) is 31.6 Å². The van der Waals surface area contributed by atoms with Crippen molar-refractivity contribution in [2.45, 2.75) is 25.4 Å². The lowest BCUT2D eigenvalue weighted by molar-refractivity contribution is 0.354. The van der Waals surface area contributed by atoms with Crippen molar-refractivity contribution < 1.29 is 4.39 Å². The van der Waals surface area contributed by atoms with Gasteiger partial charge in [0, 0.05) is 17.9 Å². The van der Waals surface area contributed by atoms with Gasteiger partial charge in [-0.25, -0.2) is 14.4 Å². The lowest BCUT2D eigenvalue weighted by Gasteiger charge is -2.38. The fourth-order valence-electron chi connectivity index (χ4n) is 4.24. The Bertz CT molecular complexity index is 1320. The second kappa shape index (κ2) is 7.35. The Kier molecular flexibility index (Phi) is 4.78. The Balaban J connectivity index is 1.53. The number of benzene rings is 2. The number of hydrogen-bond acceptors (Lipinski definition) is 6. The molecule has 1 aliphatic rings. The Morgan fingerprint density at radius 1 is 1.03 bits per heavy atom. The van der Waals surface area contributed by atoms with E-state index in [9.17, 15) is 0 Å². The van der Waals surface area contributed by atoms with Crippen LogP contribution in [0.15, 0.2) is 70.5 Å². The molecular weight excluding hydrogens is 415 g/mol. The van der Waals surface area contributed by atoms with Gasteiger partial charge in [0.2, 0.25) is 0 Å². The van der Waals surface area contributed by atoms with Gasteiger partial charge in [-0.05, 0) is 42.2 Å². The Morgan fingerprint density at radius 3 is 2.67 bits per heavy atom. The van der Waals surface area contributed by atoms with E-state index in [0.29, 0.717) is 24.0 Å². The van der Waals surface area contributed by atoms with Gasteiger partial charge in [0.1, 0.15) is 5.83 Å². The molecule has 1 aliphatic carbocycles. The molecule has 4 nitrogen and oxygen atoms in total. The molecule has 0 fully saturated rings. The van der Waals surface area contributed by atoms with Crippen molar-refractivity contribution >= 4 is 43.1 Å². The number of fused-ring (bicyclic) bond motifs is 2. The van der Waals surface area contributed by atoms with E-state index in [1.54, 1.807) is 35.1 Å². The zero-order valence-electron chi connectivity index (χ0n) is 16.4. The molecule has 2 aromatic heterocycles. The number of hydrogen-bond donors (Lipinski definition) is 2. The number of aromatic nitrogens is 2. The van der Waals surface area contributed by atoms with E-state index in [4.69, 9.17) is 11.5 Å². The van der Waals surface area contributed by atoms with Crippen LogP contribution in [0.25, 0.3) is 20.4 Å². The van der Waals surface area contributed by atoms with Crippen molar-refractivity contribution in [3.05, 3.63) is 81.6 Å². The van der Waals surface area contributed by atoms with Crippen LogP contribution >= 0.6 is 22.7 Å². The molecule has 1 atom stereocenters. The number of nitrogens with zero attached hydrogens (tertiary/aromatic N) is 2. The number of thiazole rings is 2. The lowest BCUT2D eigenvalue weighted by atomic mass is 9.75. The van der Waals surface area contributed by atoms with Crippen LogP contribution in [0.4, 0.5) is 4.39 Å². The fraction of sp³-hybridized carbons (Fsp3) is 0.217. The van der Waals surface area contributed by atoms with Crippen LogP contribution in [0.3, 0.4) is 0 Å². The molecule has 4 aromatic rings. The van der Waals surface area contributed by atoms with E-state index in [1.165, 1.54) is 0 Å². The Hall–Kier alpha value is -2.45. The van der Waals surface area contributed by atoms with Gasteiger partial charge in [0.05, 0.1) is 37.1 Å². The van der Waals surface area contributed by atoms with E-state index >= 15 is 4.39 Å². The summed E-state index contributed by atoms with van der Waals surface area (Å²) >= 11 is 3.16. The third-order valence-corrected chi connectivity index (χ3v) is 7.60. The molecule has 152 valence electrons. The van der Waals surface area contributed by atoms with Crippen LogP contribution in [0.5, 0.6) is 0 Å². The van der Waals surface area contributed by atoms with Gasteiger partial charge < -0.3 is 11.5 Å². The Labute approximate surface area is 181 Å². The average molecular weight is 437 g/mol. The summed E-state index contributed by atoms with van der Waals surface area (Å²) in [6.45, 7) is 1.79. The first-order valence-electron chi connectivity index (χ1n) is 9.73. The van der Waals surface area contributed by atoms with Crippen LogP contribution in [0.1, 0.15) is 18.1 Å². The van der Waals surface area contributed by atoms with Gasteiger partial charge in [-0.1, -0.05) is 30.3 Å². The zero-order valence-corrected chi connectivity index (χ0v) is 18.1. The molecule has 2 heterocycles. The maximum Gasteiger partial charge on any atom is 0.128 e. The summed E-state index contributed by atoms with van der Waals surface area (Å²) < 4.78 is 17.5. The van der Waals surface area contributed by atoms with Crippen molar-refractivity contribution in [2.24, 2.45) is 17.4 Å². The van der Waals surface area contributed by atoms with Crippen molar-refractivity contribution in [3.63, 3.8) is 0 Å². The molecule has 0 aliphatic heterocycles. The molecular formula is C23H21FN4S2. The SMILES string of the molecule is CC1=CC(Cc2cccc3scnc23)C(N)(N)C(Cc2cccc3ncsc23)=C1F. The van der Waals surface area contributed by atoms with Crippen molar-refractivity contribution in [1.82, 2.24) is 9.97 Å². The molecule has 2 aromatic carbocycles. The maximum absolute atomic E-state index is 15.3. The second-order valence-corrected chi connectivity index (χ2v) is 9.54. The monoisotopic (exact) mass is 436 g/mol. The molecule has 0 amide bonds. The third kappa shape index (κ3) is 3.18. The smallest absolute Gasteiger partial charge is 0.128 e. The van der Waals surface area contributed by atoms with Gasteiger partial charge in [-0.15, -0.1) is 22.7 Å². The van der Waals surface area contributed by atoms with Crippen molar-refractivity contribution in [1.29, 1.82) is 0 Å². The van der Waals surface area contributed by atoms with Crippen LogP contribution in [-0.2, 0) is 12.8 Å². The van der Waals surface area contributed by atoms with E-state index in [-0.39, 0.29) is 11.7 Å². The molecule has 0 radical (unpaired) electrons. The van der Waals surface area contributed by atoms with Crippen LogP contribution in [0, 0.1) is 5.92 Å². The highest BCUT2D eigenvalue weighted by Crippen LogP contribution is 2.39. The first-order valence-corrected chi connectivity index (χ1v) is 11.5. The van der Waals surface area contributed by atoms with Crippen molar-refractivity contribution in [3.8, 4) is 0 Å². The summed E-state index contributed by atoms with van der Waals surface area (Å²) in [7, 11) is 0. The standard InChI is InChI=1S/C23H21FN4S2/c1-13-8-16(9-14-4-3-7-19-21(14)28-12-29-19)23(25,26)17(20(13)24)10-15-5-2-6-18-22(15)30-11-27-18/h2-8,11-12,16H,9-10,25-26H2,1H3. The Morgan fingerprint density at radius 2 is 1.80 bits per heavy atom. The van der Waals surface area contributed by atoms with Crippen molar-refractivity contribution in [2.75, 3.05) is 0 Å². The molecule has 30 heavy (non-hydrogen) atoms. The van der Waals surface area contributed by atoms with E-state index < -0.39 is 5.66 Å². The van der Waals surface area contributed by atoms with E-state index in [1.807, 2.05) is 41.9 Å². The molecule has 7 heteroatoms. The first-order chi connectivity index (χ1) is 14.4. The van der Waals surface area contributed by atoms with Crippen LogP contribution < -0.4 is 11.5 Å². The molecule has 4 N–H and O–H groups in total. The summed E-state index contributed by atoms with van der Waals surface area (Å²) in [4.78, 5) is 8.87. The third-order valence-electron chi connectivity index (χ3n) is 5.89. The van der Waals surface area contributed by atoms with Gasteiger partial charge in [0.15, 0.2) is 0 Å². The van der Waals surface area contributed by atoms with Gasteiger partial charge in [0.25, 0.3) is 0 Å². The fourth-order valence-corrected chi connectivity index (χ4v) is 5.77. The molecule has 0 spiro atoms. The summed E-state index contributed by atoms with van der Waals surface area (Å²) in [6.07, 6.45) is 2.84. The minimum atomic E-state index is -1.30. The summed E-state index contributed by atoms with van der Waals surface area (Å²) in [5, 5.41) is 0. The molecule has 5 rings (SSSR count). The quantitative estimate of drug-likeness (QED) is 0.436. The number of allylic oxidation sites excluding steroid dienone is 2. The number of halogens is 1. The van der Waals surface area contributed by atoms with Crippen LogP contribution in [-0.4, -0.2) is 15.6 Å². The molecule has 0 bridgehead atoms. The van der Waals surface area contributed by atoms with Crippen LogP contribution in [0.2, 0.25) is 0 Å². The number of rotatable bonds is 4. The first kappa shape index (κ1) is 19.5. The topological polar surface area (TPSA) is 77.8 Å². The average Bonchev–Trinajstić information content (AvgIpc) is 3.39. The summed E-state index contributed by atoms with van der Waals surface area (Å²) in [5.74, 6) is -0.537. The highest BCUT2D eigenvalue weighted by atomic mass is 32.1. The minimum Gasteiger partial charge on any atom is -0.309 e. The van der Waals surface area contributed by atoms with Gasteiger partial charge >= 0.3 is 0 Å². The predicted molar refractivity (Wildman–Crippen MR) is 123 cm³/mol. The number of para-hydroxylation sites is 1.